The number of carbonyl (C=O) groups excluding carboxylic acids is 1. The molecule has 0 radical (unpaired) electrons. The Bertz CT molecular complexity index is 436. The van der Waals surface area contributed by atoms with E-state index in [1.165, 1.54) is 6.42 Å². The van der Waals surface area contributed by atoms with Crippen LogP contribution in [0.5, 0.6) is 0 Å². The van der Waals surface area contributed by atoms with Crippen LogP contribution in [0.1, 0.15) is 19.3 Å². The Hall–Kier alpha value is -1.01. The van der Waals surface area contributed by atoms with E-state index in [0.29, 0.717) is 22.5 Å². The highest BCUT2D eigenvalue weighted by atomic mass is 79.9. The van der Waals surface area contributed by atoms with Gasteiger partial charge in [0.15, 0.2) is 5.82 Å². The highest BCUT2D eigenvalue weighted by molar-refractivity contribution is 9.10. The third-order valence-electron chi connectivity index (χ3n) is 3.51. The number of nitrogens with one attached hydrogen (secondary N) is 2. The highest BCUT2D eigenvalue weighted by Crippen LogP contribution is 2.33. The Labute approximate surface area is 108 Å². The van der Waals surface area contributed by atoms with Crippen molar-refractivity contribution in [2.45, 2.75) is 31.3 Å². The minimum atomic E-state index is 0.0568. The summed E-state index contributed by atoms with van der Waals surface area (Å²) in [6.45, 7) is 0. The number of aromatic nitrogens is 2. The molecule has 0 saturated carbocycles. The fraction of sp³-hybridized carbons (Fsp3) is 0.545. The van der Waals surface area contributed by atoms with E-state index >= 15 is 0 Å². The summed E-state index contributed by atoms with van der Waals surface area (Å²) in [5.41, 5.74) is 0. The van der Waals surface area contributed by atoms with Crippen molar-refractivity contribution in [1.29, 1.82) is 0 Å². The maximum atomic E-state index is 12.1. The van der Waals surface area contributed by atoms with Crippen LogP contribution in [0.15, 0.2) is 17.0 Å². The first-order valence-electron chi connectivity index (χ1n) is 5.77. The molecular formula is C11H13BrN4O. The maximum Gasteiger partial charge on any atom is 0.230 e. The number of carbonyl (C=O) groups is 1. The quantitative estimate of drug-likeness (QED) is 0.864. The Kier molecular flexibility index (Phi) is 2.84. The molecule has 6 heteroatoms. The molecule has 2 saturated heterocycles. The van der Waals surface area contributed by atoms with Gasteiger partial charge in [-0.3, -0.25) is 4.79 Å². The zero-order valence-corrected chi connectivity index (χ0v) is 10.8. The van der Waals surface area contributed by atoms with E-state index in [-0.39, 0.29) is 11.8 Å². The van der Waals surface area contributed by atoms with E-state index in [0.717, 1.165) is 12.8 Å². The molecule has 2 fully saturated rings. The minimum absolute atomic E-state index is 0.0568. The van der Waals surface area contributed by atoms with Crippen LogP contribution in [0.4, 0.5) is 5.82 Å². The second-order valence-corrected chi connectivity index (χ2v) is 5.42. The lowest BCUT2D eigenvalue weighted by Crippen LogP contribution is -2.33. The molecule has 90 valence electrons. The van der Waals surface area contributed by atoms with Crippen molar-refractivity contribution < 1.29 is 4.79 Å². The first kappa shape index (κ1) is 11.1. The Balaban J connectivity index is 1.65. The summed E-state index contributed by atoms with van der Waals surface area (Å²) in [4.78, 5) is 20.2. The van der Waals surface area contributed by atoms with E-state index in [9.17, 15) is 4.79 Å². The number of hydrogen-bond acceptors (Lipinski definition) is 4. The van der Waals surface area contributed by atoms with Crippen molar-refractivity contribution in [1.82, 2.24) is 15.3 Å². The van der Waals surface area contributed by atoms with Crippen molar-refractivity contribution in [3.8, 4) is 0 Å². The van der Waals surface area contributed by atoms with Gasteiger partial charge in [0, 0.05) is 12.1 Å². The Morgan fingerprint density at radius 1 is 1.41 bits per heavy atom. The Morgan fingerprint density at radius 3 is 2.88 bits per heavy atom. The molecule has 2 N–H and O–H groups in total. The third-order valence-corrected chi connectivity index (χ3v) is 3.92. The van der Waals surface area contributed by atoms with Crippen molar-refractivity contribution in [3.05, 3.63) is 17.0 Å². The monoisotopic (exact) mass is 296 g/mol. The summed E-state index contributed by atoms with van der Waals surface area (Å²) in [5, 5.41) is 6.27. The van der Waals surface area contributed by atoms with Gasteiger partial charge in [-0.2, -0.15) is 0 Å². The van der Waals surface area contributed by atoms with Crippen LogP contribution in [0.2, 0.25) is 0 Å². The molecule has 0 spiro atoms. The van der Waals surface area contributed by atoms with Gasteiger partial charge in [0.05, 0.1) is 18.3 Å². The molecule has 3 rings (SSSR count). The smallest absolute Gasteiger partial charge is 0.230 e. The van der Waals surface area contributed by atoms with Crippen LogP contribution in [-0.2, 0) is 4.79 Å². The average molecular weight is 297 g/mol. The van der Waals surface area contributed by atoms with Crippen molar-refractivity contribution in [3.63, 3.8) is 0 Å². The molecule has 0 aromatic carbocycles. The molecule has 1 aromatic heterocycles. The summed E-state index contributed by atoms with van der Waals surface area (Å²) in [7, 11) is 0. The summed E-state index contributed by atoms with van der Waals surface area (Å²) in [6, 6.07) is 0.884. The summed E-state index contributed by atoms with van der Waals surface area (Å²) < 4.78 is 0.664. The SMILES string of the molecule is O=C(Nc1cnc(Br)cn1)C1CC2CCC1N2. The predicted molar refractivity (Wildman–Crippen MR) is 66.4 cm³/mol. The molecular weight excluding hydrogens is 284 g/mol. The largest absolute Gasteiger partial charge is 0.310 e. The molecule has 3 unspecified atom stereocenters. The van der Waals surface area contributed by atoms with Gasteiger partial charge in [-0.25, -0.2) is 9.97 Å². The lowest BCUT2D eigenvalue weighted by atomic mass is 9.88. The lowest BCUT2D eigenvalue weighted by Gasteiger charge is -2.18. The number of amides is 1. The van der Waals surface area contributed by atoms with Crippen LogP contribution in [0, 0.1) is 5.92 Å². The molecule has 2 bridgehead atoms. The topological polar surface area (TPSA) is 66.9 Å². The lowest BCUT2D eigenvalue weighted by molar-refractivity contribution is -0.120. The molecule has 3 heterocycles. The number of anilines is 1. The fourth-order valence-corrected chi connectivity index (χ4v) is 2.91. The van der Waals surface area contributed by atoms with Crippen molar-refractivity contribution >= 4 is 27.7 Å². The molecule has 1 amide bonds. The molecule has 2 aliphatic rings. The van der Waals surface area contributed by atoms with E-state index in [4.69, 9.17) is 0 Å². The van der Waals surface area contributed by atoms with Gasteiger partial charge in [-0.15, -0.1) is 0 Å². The van der Waals surface area contributed by atoms with Gasteiger partial charge in [0.2, 0.25) is 5.91 Å². The van der Waals surface area contributed by atoms with E-state index in [1.807, 2.05) is 0 Å². The Morgan fingerprint density at radius 2 is 2.29 bits per heavy atom. The van der Waals surface area contributed by atoms with E-state index < -0.39 is 0 Å². The summed E-state index contributed by atoms with van der Waals surface area (Å²) in [6.07, 6.45) is 6.39. The third kappa shape index (κ3) is 2.19. The minimum Gasteiger partial charge on any atom is -0.310 e. The molecule has 0 aliphatic carbocycles. The van der Waals surface area contributed by atoms with Gasteiger partial charge < -0.3 is 10.6 Å². The van der Waals surface area contributed by atoms with Gasteiger partial charge in [-0.1, -0.05) is 0 Å². The van der Waals surface area contributed by atoms with Gasteiger partial charge in [0.1, 0.15) is 4.60 Å². The summed E-state index contributed by atoms with van der Waals surface area (Å²) in [5.74, 6) is 0.654. The van der Waals surface area contributed by atoms with Crippen LogP contribution in [-0.4, -0.2) is 28.0 Å². The molecule has 3 atom stereocenters. The fourth-order valence-electron chi connectivity index (χ4n) is 2.71. The van der Waals surface area contributed by atoms with Crippen molar-refractivity contribution in [2.75, 3.05) is 5.32 Å². The van der Waals surface area contributed by atoms with Gasteiger partial charge >= 0.3 is 0 Å². The normalized spacial score (nSPS) is 30.5. The maximum absolute atomic E-state index is 12.1. The zero-order chi connectivity index (χ0) is 11.8. The molecule has 17 heavy (non-hydrogen) atoms. The molecule has 5 nitrogen and oxygen atoms in total. The highest BCUT2D eigenvalue weighted by Gasteiger charge is 2.42. The number of fused-ring (bicyclic) bond motifs is 2. The van der Waals surface area contributed by atoms with Gasteiger partial charge in [0.25, 0.3) is 0 Å². The van der Waals surface area contributed by atoms with Crippen LogP contribution >= 0.6 is 15.9 Å². The van der Waals surface area contributed by atoms with E-state index in [1.54, 1.807) is 12.4 Å². The second kappa shape index (κ2) is 4.34. The van der Waals surface area contributed by atoms with Crippen LogP contribution < -0.4 is 10.6 Å². The van der Waals surface area contributed by atoms with Crippen LogP contribution in [0.3, 0.4) is 0 Å². The zero-order valence-electron chi connectivity index (χ0n) is 9.19. The number of halogens is 1. The van der Waals surface area contributed by atoms with Crippen molar-refractivity contribution in [2.24, 2.45) is 5.92 Å². The average Bonchev–Trinajstić information content (AvgIpc) is 2.94. The second-order valence-electron chi connectivity index (χ2n) is 4.60. The standard InChI is InChI=1S/C11H13BrN4O/c12-9-4-14-10(5-13-9)16-11(17)7-3-6-1-2-8(7)15-6/h4-8,15H,1-3H2,(H,14,16,17). The van der Waals surface area contributed by atoms with E-state index in [2.05, 4.69) is 36.5 Å². The first-order valence-corrected chi connectivity index (χ1v) is 6.56. The number of nitrogens with zero attached hydrogens (tertiary/aromatic N) is 2. The first-order chi connectivity index (χ1) is 8.22. The number of hydrogen-bond donors (Lipinski definition) is 2. The summed E-state index contributed by atoms with van der Waals surface area (Å²) >= 11 is 3.21. The van der Waals surface area contributed by atoms with Gasteiger partial charge in [-0.05, 0) is 35.2 Å². The predicted octanol–water partition coefficient (Wildman–Crippen LogP) is 1.32. The van der Waals surface area contributed by atoms with Crippen LogP contribution in [0.25, 0.3) is 0 Å². The molecule has 2 aliphatic heterocycles. The molecule has 1 aromatic rings. The number of rotatable bonds is 2.